The Kier molecular flexibility index (Phi) is 5.97. The minimum atomic E-state index is 0.255. The predicted octanol–water partition coefficient (Wildman–Crippen LogP) is 4.65. The number of fused-ring (bicyclic) bond motifs is 1. The van der Waals surface area contributed by atoms with Gasteiger partial charge in [0.05, 0.1) is 28.8 Å². The number of hydrogen-bond donors (Lipinski definition) is 1. The summed E-state index contributed by atoms with van der Waals surface area (Å²) >= 11 is 0. The zero-order valence-corrected chi connectivity index (χ0v) is 17.8. The van der Waals surface area contributed by atoms with Crippen LogP contribution < -0.4 is 5.32 Å². The molecule has 2 fully saturated rings. The normalized spacial score (nSPS) is 24.7. The van der Waals surface area contributed by atoms with E-state index in [0.29, 0.717) is 6.04 Å². The molecule has 1 aromatic heterocycles. The third-order valence-corrected chi connectivity index (χ3v) is 6.52. The Morgan fingerprint density at radius 3 is 2.69 bits per heavy atom. The average Bonchev–Trinajstić information content (AvgIpc) is 3.12. The van der Waals surface area contributed by atoms with Gasteiger partial charge in [-0.2, -0.15) is 0 Å². The maximum absolute atomic E-state index is 5.17. The summed E-state index contributed by atoms with van der Waals surface area (Å²) in [5.74, 6) is 1.21. The first kappa shape index (κ1) is 20.0. The Balaban J connectivity index is 1.76. The van der Waals surface area contributed by atoms with Gasteiger partial charge in [0.2, 0.25) is 0 Å². The van der Waals surface area contributed by atoms with Crippen molar-refractivity contribution in [2.45, 2.75) is 57.2 Å². The van der Waals surface area contributed by atoms with E-state index in [1.807, 2.05) is 6.92 Å². The molecule has 0 radical (unpaired) electrons. The molecule has 2 saturated heterocycles. The van der Waals surface area contributed by atoms with E-state index in [-0.39, 0.29) is 12.1 Å². The minimum Gasteiger partial charge on any atom is -0.323 e. The molecule has 2 aliphatic rings. The maximum atomic E-state index is 5.17. The van der Waals surface area contributed by atoms with Gasteiger partial charge < -0.3 is 9.88 Å². The van der Waals surface area contributed by atoms with E-state index < -0.39 is 0 Å². The molecule has 29 heavy (non-hydrogen) atoms. The predicted molar refractivity (Wildman–Crippen MR) is 121 cm³/mol. The summed E-state index contributed by atoms with van der Waals surface area (Å²) in [7, 11) is 2.22. The maximum Gasteiger partial charge on any atom is 0.127 e. The van der Waals surface area contributed by atoms with Crippen LogP contribution in [0.25, 0.3) is 11.0 Å². The summed E-state index contributed by atoms with van der Waals surface area (Å²) in [6.07, 6.45) is 7.34. The minimum absolute atomic E-state index is 0.255. The van der Waals surface area contributed by atoms with Gasteiger partial charge in [0.1, 0.15) is 5.82 Å². The molecule has 2 atom stereocenters. The van der Waals surface area contributed by atoms with Gasteiger partial charge in [-0.05, 0) is 76.9 Å². The summed E-state index contributed by atoms with van der Waals surface area (Å²) in [6, 6.07) is 9.65. The quantitative estimate of drug-likeness (QED) is 0.755. The van der Waals surface area contributed by atoms with Crippen LogP contribution in [-0.2, 0) is 0 Å². The van der Waals surface area contributed by atoms with Crippen LogP contribution in [0.5, 0.6) is 0 Å². The van der Waals surface area contributed by atoms with E-state index in [2.05, 4.69) is 64.2 Å². The first-order valence-corrected chi connectivity index (χ1v) is 10.9. The van der Waals surface area contributed by atoms with E-state index in [1.165, 1.54) is 17.8 Å². The van der Waals surface area contributed by atoms with Gasteiger partial charge in [0.25, 0.3) is 0 Å². The van der Waals surface area contributed by atoms with E-state index >= 15 is 0 Å². The van der Waals surface area contributed by atoms with Gasteiger partial charge in [0, 0.05) is 12.2 Å². The second kappa shape index (κ2) is 8.64. The molecule has 0 saturated carbocycles. The first-order valence-electron chi connectivity index (χ1n) is 10.9. The Morgan fingerprint density at radius 1 is 1.21 bits per heavy atom. The number of aromatic nitrogens is 2. The smallest absolute Gasteiger partial charge is 0.127 e. The van der Waals surface area contributed by atoms with Crippen molar-refractivity contribution in [3.8, 4) is 0 Å². The summed E-state index contributed by atoms with van der Waals surface area (Å²) in [5, 5.41) is 3.50. The fraction of sp³-hybridized carbons (Fsp3) is 0.500. The number of rotatable bonds is 5. The second-order valence-corrected chi connectivity index (χ2v) is 8.42. The van der Waals surface area contributed by atoms with Gasteiger partial charge in [-0.3, -0.25) is 9.89 Å². The fourth-order valence-electron chi connectivity index (χ4n) is 5.10. The van der Waals surface area contributed by atoms with Gasteiger partial charge >= 0.3 is 0 Å². The Labute approximate surface area is 174 Å². The summed E-state index contributed by atoms with van der Waals surface area (Å²) in [4.78, 5) is 12.2. The number of nitrogens with zero attached hydrogens (tertiary/aromatic N) is 4. The first-order chi connectivity index (χ1) is 14.1. The van der Waals surface area contributed by atoms with Crippen LogP contribution in [0.4, 0.5) is 0 Å². The van der Waals surface area contributed by atoms with Gasteiger partial charge in [-0.15, -0.1) is 0 Å². The van der Waals surface area contributed by atoms with Crippen molar-refractivity contribution < 1.29 is 0 Å². The fourth-order valence-corrected chi connectivity index (χ4v) is 5.10. The Morgan fingerprint density at radius 2 is 1.97 bits per heavy atom. The number of nitrogens with one attached hydrogen (secondary N) is 1. The topological polar surface area (TPSA) is 45.5 Å². The molecule has 1 aromatic carbocycles. The van der Waals surface area contributed by atoms with Crippen LogP contribution in [-0.4, -0.2) is 46.3 Å². The molecule has 2 aromatic rings. The highest BCUT2D eigenvalue weighted by Crippen LogP contribution is 2.38. The van der Waals surface area contributed by atoms with E-state index in [0.717, 1.165) is 55.6 Å². The van der Waals surface area contributed by atoms with Gasteiger partial charge in [-0.25, -0.2) is 4.98 Å². The molecule has 1 N–H and O–H groups in total. The van der Waals surface area contributed by atoms with E-state index in [1.54, 1.807) is 6.20 Å². The van der Waals surface area contributed by atoms with Gasteiger partial charge in [0.15, 0.2) is 0 Å². The molecular formula is C24H33N5. The number of benzene rings is 1. The number of imidazole rings is 1. The number of piperidine rings is 2. The zero-order valence-electron chi connectivity index (χ0n) is 17.8. The molecule has 0 aliphatic carbocycles. The zero-order chi connectivity index (χ0) is 20.4. The largest absolute Gasteiger partial charge is 0.323 e. The number of aliphatic imine (C=N–C) groups is 1. The summed E-state index contributed by atoms with van der Waals surface area (Å²) in [5.41, 5.74) is 4.45. The summed E-state index contributed by atoms with van der Waals surface area (Å²) in [6.45, 7) is 12.2. The monoisotopic (exact) mass is 391 g/mol. The Hall–Kier alpha value is -2.24. The molecule has 0 spiro atoms. The van der Waals surface area contributed by atoms with Crippen LogP contribution in [0.3, 0.4) is 0 Å². The van der Waals surface area contributed by atoms with Crippen molar-refractivity contribution in [2.75, 3.05) is 20.1 Å². The van der Waals surface area contributed by atoms with Crippen LogP contribution in [0.1, 0.15) is 56.9 Å². The molecule has 0 bridgehead atoms. The average molecular weight is 392 g/mol. The third kappa shape index (κ3) is 3.81. The van der Waals surface area contributed by atoms with Gasteiger partial charge in [-0.1, -0.05) is 25.3 Å². The molecule has 5 nitrogen and oxygen atoms in total. The third-order valence-electron chi connectivity index (χ3n) is 6.52. The molecule has 3 heterocycles. The molecule has 0 amide bonds. The molecule has 4 rings (SSSR count). The van der Waals surface area contributed by atoms with Crippen LogP contribution in [0.15, 0.2) is 54.2 Å². The van der Waals surface area contributed by atoms with E-state index in [9.17, 15) is 0 Å². The van der Waals surface area contributed by atoms with Crippen molar-refractivity contribution in [1.82, 2.24) is 19.8 Å². The van der Waals surface area contributed by atoms with Crippen molar-refractivity contribution in [1.29, 1.82) is 0 Å². The summed E-state index contributed by atoms with van der Waals surface area (Å²) < 4.78 is 2.55. The lowest BCUT2D eigenvalue weighted by Crippen LogP contribution is -2.45. The molecular weight excluding hydrogens is 358 g/mol. The number of hydrogen-bond acceptors (Lipinski definition) is 4. The molecule has 154 valence electrons. The van der Waals surface area contributed by atoms with Crippen molar-refractivity contribution in [2.24, 2.45) is 4.99 Å². The lowest BCUT2D eigenvalue weighted by atomic mass is 9.90. The van der Waals surface area contributed by atoms with E-state index in [4.69, 9.17) is 4.98 Å². The molecule has 2 aliphatic heterocycles. The van der Waals surface area contributed by atoms with Crippen LogP contribution >= 0.6 is 0 Å². The highest BCUT2D eigenvalue weighted by molar-refractivity contribution is 6.03. The lowest BCUT2D eigenvalue weighted by Gasteiger charge is -2.41. The Bertz CT molecular complexity index is 918. The van der Waals surface area contributed by atoms with Crippen molar-refractivity contribution >= 4 is 16.7 Å². The molecule has 2 unspecified atom stereocenters. The van der Waals surface area contributed by atoms with Crippen LogP contribution in [0, 0.1) is 0 Å². The highest BCUT2D eigenvalue weighted by Gasteiger charge is 2.36. The number of likely N-dealkylation sites (tertiary alicyclic amines) is 1. The van der Waals surface area contributed by atoms with Crippen molar-refractivity contribution in [3.63, 3.8) is 0 Å². The standard InChI is InChI=1S/C24H33N5/c1-5-26-23(17(2)3)21-11-8-12-22(28(21)4)24-27-19-9-6-7-10-20(19)29(24)18-13-15-25-16-14-18/h5-7,9-10,18,21-22,25H,1-2,8,11-16H2,3-4H3. The number of para-hydroxylation sites is 2. The second-order valence-electron chi connectivity index (χ2n) is 8.42. The SMILES string of the molecule is C=CN=C(C(=C)C)C1CCCC(c2nc3ccccc3n2C2CCNCC2)N1C. The van der Waals surface area contributed by atoms with Crippen LogP contribution in [0.2, 0.25) is 0 Å². The lowest BCUT2D eigenvalue weighted by molar-refractivity contribution is 0.141. The van der Waals surface area contributed by atoms with Crippen molar-refractivity contribution in [3.05, 3.63) is 55.0 Å². The molecule has 5 heteroatoms. The highest BCUT2D eigenvalue weighted by atomic mass is 15.2.